The van der Waals surface area contributed by atoms with Gasteiger partial charge in [-0.1, -0.05) is 25.5 Å². The van der Waals surface area contributed by atoms with E-state index in [-0.39, 0.29) is 29.4 Å². The minimum Gasteiger partial charge on any atom is -0.508 e. The molecule has 0 bridgehead atoms. The predicted molar refractivity (Wildman–Crippen MR) is 99.9 cm³/mol. The van der Waals surface area contributed by atoms with Gasteiger partial charge in [0.2, 0.25) is 5.91 Å². The summed E-state index contributed by atoms with van der Waals surface area (Å²) in [7, 11) is 1.61. The molecule has 0 radical (unpaired) electrons. The number of phenols is 1. The first-order valence-electron chi connectivity index (χ1n) is 9.65. The van der Waals surface area contributed by atoms with Crippen LogP contribution >= 0.6 is 0 Å². The van der Waals surface area contributed by atoms with Gasteiger partial charge in [0.15, 0.2) is 0 Å². The van der Waals surface area contributed by atoms with E-state index in [2.05, 4.69) is 19.2 Å². The van der Waals surface area contributed by atoms with Crippen molar-refractivity contribution in [2.24, 2.45) is 11.8 Å². The van der Waals surface area contributed by atoms with Crippen LogP contribution in [0.4, 0.5) is 0 Å². The molecule has 1 aromatic carbocycles. The molecule has 1 saturated heterocycles. The Kier molecular flexibility index (Phi) is 5.88. The zero-order chi connectivity index (χ0) is 18.7. The lowest BCUT2D eigenvalue weighted by atomic mass is 9.66. The van der Waals surface area contributed by atoms with E-state index in [0.717, 1.165) is 18.4 Å². The quantitative estimate of drug-likeness (QED) is 0.841. The van der Waals surface area contributed by atoms with Gasteiger partial charge >= 0.3 is 0 Å². The number of carbonyl (C=O) groups excluding carboxylic acids is 1. The van der Waals surface area contributed by atoms with Crippen molar-refractivity contribution >= 4 is 5.91 Å². The molecule has 2 N–H and O–H groups in total. The Morgan fingerprint density at radius 1 is 1.42 bits per heavy atom. The molecular formula is C21H31NO4. The number of methoxy groups -OCH3 is 1. The van der Waals surface area contributed by atoms with E-state index < -0.39 is 0 Å². The highest BCUT2D eigenvalue weighted by Crippen LogP contribution is 2.48. The number of phenolic OH excluding ortho intramolecular Hbond substituents is 1. The molecule has 5 atom stereocenters. The van der Waals surface area contributed by atoms with Gasteiger partial charge in [0.1, 0.15) is 5.75 Å². The van der Waals surface area contributed by atoms with Crippen molar-refractivity contribution in [3.63, 3.8) is 0 Å². The predicted octanol–water partition coefficient (Wildman–Crippen LogP) is 3.57. The Hall–Kier alpha value is -1.59. The van der Waals surface area contributed by atoms with Crippen LogP contribution in [0.2, 0.25) is 0 Å². The molecule has 3 rings (SSSR count). The van der Waals surface area contributed by atoms with Gasteiger partial charge < -0.3 is 19.9 Å². The SMILES string of the molecule is COCCC(=O)N[C@@]1(C)C[C@H](c2cccc(O)c2)O[C@@H]2C[C@H](C)CC[C@H]21. The van der Waals surface area contributed by atoms with Gasteiger partial charge in [-0.05, 0) is 43.4 Å². The number of benzene rings is 1. The molecule has 1 saturated carbocycles. The standard InChI is InChI=1S/C21H31NO4/c1-14-7-8-17-18(11-14)26-19(15-5-4-6-16(23)12-15)13-21(17,2)22-20(24)9-10-25-3/h4-6,12,14,17-19,23H,7-11,13H2,1-3H3,(H,22,24)/t14-,17-,18-,19-,21+/m1/s1. The number of rotatable bonds is 5. The summed E-state index contributed by atoms with van der Waals surface area (Å²) in [6, 6.07) is 7.27. The van der Waals surface area contributed by atoms with Crippen LogP contribution in [0.25, 0.3) is 0 Å². The van der Waals surface area contributed by atoms with Gasteiger partial charge in [0.05, 0.1) is 18.8 Å². The molecule has 26 heavy (non-hydrogen) atoms. The van der Waals surface area contributed by atoms with Crippen molar-refractivity contribution in [2.75, 3.05) is 13.7 Å². The minimum atomic E-state index is -0.315. The lowest BCUT2D eigenvalue weighted by molar-refractivity contribution is -0.154. The van der Waals surface area contributed by atoms with Crippen molar-refractivity contribution in [1.29, 1.82) is 0 Å². The molecule has 1 aliphatic carbocycles. The summed E-state index contributed by atoms with van der Waals surface area (Å²) in [5.74, 6) is 1.23. The van der Waals surface area contributed by atoms with Gasteiger partial charge in [-0.3, -0.25) is 4.79 Å². The maximum absolute atomic E-state index is 12.4. The molecule has 1 amide bonds. The number of nitrogens with one attached hydrogen (secondary N) is 1. The summed E-state index contributed by atoms with van der Waals surface area (Å²) in [5, 5.41) is 13.1. The number of fused-ring (bicyclic) bond motifs is 1. The van der Waals surface area contributed by atoms with Crippen LogP contribution in [0.5, 0.6) is 5.75 Å². The van der Waals surface area contributed by atoms with Crippen LogP contribution in [-0.2, 0) is 14.3 Å². The van der Waals surface area contributed by atoms with Crippen LogP contribution in [0.15, 0.2) is 24.3 Å². The Morgan fingerprint density at radius 3 is 2.96 bits per heavy atom. The largest absolute Gasteiger partial charge is 0.508 e. The molecule has 144 valence electrons. The highest BCUT2D eigenvalue weighted by molar-refractivity contribution is 5.77. The Bertz CT molecular complexity index is 634. The second-order valence-electron chi connectivity index (χ2n) is 8.20. The van der Waals surface area contributed by atoms with Gasteiger partial charge in [0, 0.05) is 31.4 Å². The van der Waals surface area contributed by atoms with E-state index in [9.17, 15) is 9.90 Å². The topological polar surface area (TPSA) is 67.8 Å². The van der Waals surface area contributed by atoms with Crippen LogP contribution in [0.1, 0.15) is 57.6 Å². The number of ether oxygens (including phenoxy) is 2. The van der Waals surface area contributed by atoms with Crippen molar-refractivity contribution in [2.45, 2.75) is 63.7 Å². The molecule has 1 heterocycles. The maximum Gasteiger partial charge on any atom is 0.222 e. The number of hydrogen-bond donors (Lipinski definition) is 2. The fraction of sp³-hybridized carbons (Fsp3) is 0.667. The minimum absolute atomic E-state index is 0.0308. The normalized spacial score (nSPS) is 34.1. The first-order valence-corrected chi connectivity index (χ1v) is 9.65. The van der Waals surface area contributed by atoms with Crippen LogP contribution in [-0.4, -0.2) is 36.4 Å². The van der Waals surface area contributed by atoms with Gasteiger partial charge in [-0.2, -0.15) is 0 Å². The number of amides is 1. The zero-order valence-electron chi connectivity index (χ0n) is 16.0. The van der Waals surface area contributed by atoms with Crippen molar-refractivity contribution in [1.82, 2.24) is 5.32 Å². The summed E-state index contributed by atoms with van der Waals surface area (Å²) in [4.78, 5) is 12.4. The fourth-order valence-corrected chi connectivity index (χ4v) is 4.64. The zero-order valence-corrected chi connectivity index (χ0v) is 16.0. The molecule has 2 fully saturated rings. The Balaban J connectivity index is 1.83. The Labute approximate surface area is 156 Å². The number of hydrogen-bond acceptors (Lipinski definition) is 4. The molecule has 5 nitrogen and oxygen atoms in total. The third kappa shape index (κ3) is 4.21. The summed E-state index contributed by atoms with van der Waals surface area (Å²) < 4.78 is 11.5. The van der Waals surface area contributed by atoms with E-state index in [0.29, 0.717) is 31.3 Å². The fourth-order valence-electron chi connectivity index (χ4n) is 4.64. The number of carbonyl (C=O) groups is 1. The van der Waals surface area contributed by atoms with Crippen molar-refractivity contribution < 1.29 is 19.4 Å². The summed E-state index contributed by atoms with van der Waals surface area (Å²) >= 11 is 0. The third-order valence-electron chi connectivity index (χ3n) is 6.02. The van der Waals surface area contributed by atoms with Crippen molar-refractivity contribution in [3.05, 3.63) is 29.8 Å². The summed E-state index contributed by atoms with van der Waals surface area (Å²) in [6.45, 7) is 4.86. The highest BCUT2D eigenvalue weighted by Gasteiger charge is 2.49. The van der Waals surface area contributed by atoms with Crippen molar-refractivity contribution in [3.8, 4) is 5.75 Å². The summed E-state index contributed by atoms with van der Waals surface area (Å²) in [5.41, 5.74) is 0.656. The third-order valence-corrected chi connectivity index (χ3v) is 6.02. The first kappa shape index (κ1) is 19.2. The molecule has 0 aromatic heterocycles. The first-order chi connectivity index (χ1) is 12.4. The van der Waals surface area contributed by atoms with Gasteiger partial charge in [-0.15, -0.1) is 0 Å². The van der Waals surface area contributed by atoms with Gasteiger partial charge in [0.25, 0.3) is 0 Å². The molecule has 2 aliphatic rings. The molecule has 1 aliphatic heterocycles. The second-order valence-corrected chi connectivity index (χ2v) is 8.20. The average Bonchev–Trinajstić information content (AvgIpc) is 2.59. The monoisotopic (exact) mass is 361 g/mol. The van der Waals surface area contributed by atoms with E-state index in [1.54, 1.807) is 19.2 Å². The molecular weight excluding hydrogens is 330 g/mol. The van der Waals surface area contributed by atoms with Crippen LogP contribution in [0.3, 0.4) is 0 Å². The molecule has 5 heteroatoms. The van der Waals surface area contributed by atoms with Crippen LogP contribution in [0, 0.1) is 11.8 Å². The molecule has 1 aromatic rings. The maximum atomic E-state index is 12.4. The van der Waals surface area contributed by atoms with E-state index in [1.165, 1.54) is 6.42 Å². The molecule has 0 unspecified atom stereocenters. The summed E-state index contributed by atoms with van der Waals surface area (Å²) in [6.07, 6.45) is 4.35. The molecule has 0 spiro atoms. The van der Waals surface area contributed by atoms with Crippen LogP contribution < -0.4 is 5.32 Å². The lowest BCUT2D eigenvalue weighted by Crippen LogP contribution is -2.60. The van der Waals surface area contributed by atoms with E-state index in [4.69, 9.17) is 9.47 Å². The number of aromatic hydroxyl groups is 1. The average molecular weight is 361 g/mol. The highest BCUT2D eigenvalue weighted by atomic mass is 16.5. The second kappa shape index (κ2) is 7.97. The van der Waals surface area contributed by atoms with E-state index in [1.807, 2.05) is 12.1 Å². The lowest BCUT2D eigenvalue weighted by Gasteiger charge is -2.52. The smallest absolute Gasteiger partial charge is 0.222 e. The van der Waals surface area contributed by atoms with Gasteiger partial charge in [-0.25, -0.2) is 0 Å². The van der Waals surface area contributed by atoms with E-state index >= 15 is 0 Å². The Morgan fingerprint density at radius 2 is 2.23 bits per heavy atom.